The van der Waals surface area contributed by atoms with Crippen molar-refractivity contribution in [1.29, 1.82) is 0 Å². The van der Waals surface area contributed by atoms with Gasteiger partial charge in [0.1, 0.15) is 17.1 Å². The van der Waals surface area contributed by atoms with Crippen LogP contribution in [0.3, 0.4) is 0 Å². The molecule has 0 aliphatic carbocycles. The van der Waals surface area contributed by atoms with Crippen molar-refractivity contribution < 1.29 is 34.3 Å². The monoisotopic (exact) mass is 358 g/mol. The molecule has 0 bridgehead atoms. The van der Waals surface area contributed by atoms with Crippen molar-refractivity contribution >= 4 is 5.97 Å². The van der Waals surface area contributed by atoms with E-state index in [0.29, 0.717) is 5.56 Å². The molecule has 26 heavy (non-hydrogen) atoms. The first kappa shape index (κ1) is 17.5. The predicted molar refractivity (Wildman–Crippen MR) is 92.6 cm³/mol. The van der Waals surface area contributed by atoms with Gasteiger partial charge in [0.15, 0.2) is 17.2 Å². The van der Waals surface area contributed by atoms with Crippen LogP contribution in [0.1, 0.15) is 29.8 Å². The van der Waals surface area contributed by atoms with Gasteiger partial charge in [-0.2, -0.15) is 0 Å². The maximum atomic E-state index is 12.5. The van der Waals surface area contributed by atoms with Crippen LogP contribution in [0.2, 0.25) is 0 Å². The van der Waals surface area contributed by atoms with Crippen LogP contribution in [0.15, 0.2) is 29.8 Å². The summed E-state index contributed by atoms with van der Waals surface area (Å²) in [6, 6.07) is 3.72. The Kier molecular flexibility index (Phi) is 4.38. The molecule has 0 saturated heterocycles. The number of phenolic OH excluding ortho intramolecular Hbond substituents is 3. The molecule has 7 heteroatoms. The molecule has 0 fully saturated rings. The minimum Gasteiger partial charge on any atom is -0.507 e. The summed E-state index contributed by atoms with van der Waals surface area (Å²) >= 11 is 0. The van der Waals surface area contributed by atoms with E-state index in [-0.39, 0.29) is 46.5 Å². The molecule has 0 amide bonds. The van der Waals surface area contributed by atoms with E-state index in [2.05, 4.69) is 0 Å². The van der Waals surface area contributed by atoms with E-state index in [0.717, 1.165) is 11.6 Å². The number of carbonyl (C=O) groups is 1. The third-order valence-electron chi connectivity index (χ3n) is 3.92. The number of rotatable bonds is 3. The van der Waals surface area contributed by atoms with Gasteiger partial charge in [0.2, 0.25) is 11.5 Å². The highest BCUT2D eigenvalue weighted by Gasteiger charge is 2.32. The molecule has 1 aliphatic rings. The number of hydrogen-bond donors (Lipinski definition) is 3. The molecule has 3 rings (SSSR count). The number of allylic oxidation sites excluding steroid dienone is 2. The molecule has 2 aromatic carbocycles. The second kappa shape index (κ2) is 6.51. The Labute approximate surface area is 149 Å². The summed E-state index contributed by atoms with van der Waals surface area (Å²) < 4.78 is 16.2. The zero-order chi connectivity index (χ0) is 19.0. The Balaban J connectivity index is 2.28. The number of esters is 1. The second-order valence-corrected chi connectivity index (χ2v) is 6.02. The fourth-order valence-electron chi connectivity index (χ4n) is 2.65. The maximum Gasteiger partial charge on any atom is 0.351 e. The van der Waals surface area contributed by atoms with Crippen LogP contribution in [-0.2, 0) is 6.42 Å². The lowest BCUT2D eigenvalue weighted by molar-refractivity contribution is 0.0734. The number of hydrogen-bond acceptors (Lipinski definition) is 7. The highest BCUT2D eigenvalue weighted by molar-refractivity contribution is 5.99. The van der Waals surface area contributed by atoms with Gasteiger partial charge in [0.25, 0.3) is 0 Å². The Hall–Kier alpha value is -3.35. The highest BCUT2D eigenvalue weighted by atomic mass is 16.6. The van der Waals surface area contributed by atoms with Crippen LogP contribution >= 0.6 is 0 Å². The Morgan fingerprint density at radius 2 is 1.81 bits per heavy atom. The first-order valence-corrected chi connectivity index (χ1v) is 7.84. The van der Waals surface area contributed by atoms with Gasteiger partial charge in [-0.1, -0.05) is 11.6 Å². The van der Waals surface area contributed by atoms with E-state index in [1.165, 1.54) is 19.2 Å². The first-order chi connectivity index (χ1) is 12.3. The molecular formula is C19H18O7. The van der Waals surface area contributed by atoms with Crippen LogP contribution in [-0.4, -0.2) is 28.4 Å². The molecule has 0 aromatic heterocycles. The normalized spacial score (nSPS) is 12.2. The number of benzene rings is 2. The Bertz CT molecular complexity index is 924. The van der Waals surface area contributed by atoms with Gasteiger partial charge in [-0.3, -0.25) is 0 Å². The summed E-state index contributed by atoms with van der Waals surface area (Å²) in [5.41, 5.74) is 1.09. The fraction of sp³-hybridized carbons (Fsp3) is 0.211. The molecule has 2 aromatic rings. The maximum absolute atomic E-state index is 12.5. The molecule has 7 nitrogen and oxygen atoms in total. The molecule has 0 unspecified atom stereocenters. The number of phenols is 3. The molecule has 0 radical (unpaired) electrons. The average molecular weight is 358 g/mol. The van der Waals surface area contributed by atoms with Crippen LogP contribution in [0, 0.1) is 0 Å². The number of methoxy groups -OCH3 is 1. The first-order valence-electron chi connectivity index (χ1n) is 7.84. The Morgan fingerprint density at radius 3 is 2.46 bits per heavy atom. The molecule has 1 aliphatic heterocycles. The minimum atomic E-state index is -0.845. The zero-order valence-electron chi connectivity index (χ0n) is 14.5. The minimum absolute atomic E-state index is 0.0212. The van der Waals surface area contributed by atoms with Crippen molar-refractivity contribution in [2.75, 3.05) is 7.11 Å². The number of carbonyl (C=O) groups excluding carboxylic acids is 1. The largest absolute Gasteiger partial charge is 0.507 e. The topological polar surface area (TPSA) is 105 Å². The van der Waals surface area contributed by atoms with Gasteiger partial charge < -0.3 is 29.5 Å². The van der Waals surface area contributed by atoms with Gasteiger partial charge in [0.05, 0.1) is 7.11 Å². The summed E-state index contributed by atoms with van der Waals surface area (Å²) in [7, 11) is 1.33. The molecular weight excluding hydrogens is 340 g/mol. The van der Waals surface area contributed by atoms with Crippen LogP contribution in [0.5, 0.6) is 40.2 Å². The summed E-state index contributed by atoms with van der Waals surface area (Å²) in [4.78, 5) is 12.5. The van der Waals surface area contributed by atoms with E-state index >= 15 is 0 Å². The lowest BCUT2D eigenvalue weighted by Crippen LogP contribution is -2.08. The van der Waals surface area contributed by atoms with E-state index in [9.17, 15) is 20.1 Å². The van der Waals surface area contributed by atoms with Gasteiger partial charge in [-0.25, -0.2) is 4.79 Å². The molecule has 0 saturated carbocycles. The Morgan fingerprint density at radius 1 is 1.08 bits per heavy atom. The molecule has 0 spiro atoms. The smallest absolute Gasteiger partial charge is 0.351 e. The fourth-order valence-corrected chi connectivity index (χ4v) is 2.65. The zero-order valence-corrected chi connectivity index (χ0v) is 14.5. The van der Waals surface area contributed by atoms with E-state index < -0.39 is 11.7 Å². The summed E-state index contributed by atoms with van der Waals surface area (Å²) in [6.45, 7) is 3.78. The lowest BCUT2D eigenvalue weighted by Gasteiger charge is -2.15. The summed E-state index contributed by atoms with van der Waals surface area (Å²) in [6.07, 6.45) is 2.10. The van der Waals surface area contributed by atoms with Crippen molar-refractivity contribution in [3.8, 4) is 40.2 Å². The molecule has 0 atom stereocenters. The van der Waals surface area contributed by atoms with Crippen molar-refractivity contribution in [2.45, 2.75) is 20.3 Å². The average Bonchev–Trinajstić information content (AvgIpc) is 2.70. The SMILES string of the molecule is COc1c(O)ccc2c1Oc1c(CC=C(C)C)c(O)cc(O)c1C(=O)O2. The molecule has 1 heterocycles. The lowest BCUT2D eigenvalue weighted by atomic mass is 10.0. The number of aromatic hydroxyl groups is 3. The summed E-state index contributed by atoms with van der Waals surface area (Å²) in [5.74, 6) is -1.83. The van der Waals surface area contributed by atoms with Crippen LogP contribution in [0.25, 0.3) is 0 Å². The number of ether oxygens (including phenoxy) is 3. The van der Waals surface area contributed by atoms with Gasteiger partial charge >= 0.3 is 5.97 Å². The molecule has 136 valence electrons. The van der Waals surface area contributed by atoms with Crippen LogP contribution < -0.4 is 14.2 Å². The van der Waals surface area contributed by atoms with E-state index in [4.69, 9.17) is 14.2 Å². The standard InChI is InChI=1S/C19H18O7/c1-9(2)4-5-10-12(21)8-13(22)15-16(10)26-18-14(25-19(15)23)7-6-11(20)17(18)24-3/h4,6-8,20-22H,5H2,1-3H3. The van der Waals surface area contributed by atoms with Crippen LogP contribution in [0.4, 0.5) is 0 Å². The summed E-state index contributed by atoms with van der Waals surface area (Å²) in [5, 5.41) is 30.4. The van der Waals surface area contributed by atoms with Crippen molar-refractivity contribution in [3.63, 3.8) is 0 Å². The van der Waals surface area contributed by atoms with Crippen molar-refractivity contribution in [2.24, 2.45) is 0 Å². The molecule has 3 N–H and O–H groups in total. The van der Waals surface area contributed by atoms with E-state index in [1.54, 1.807) is 0 Å². The highest BCUT2D eigenvalue weighted by Crippen LogP contribution is 2.51. The third-order valence-corrected chi connectivity index (χ3v) is 3.92. The third kappa shape index (κ3) is 2.88. The van der Waals surface area contributed by atoms with Gasteiger partial charge in [0, 0.05) is 11.6 Å². The van der Waals surface area contributed by atoms with E-state index in [1.807, 2.05) is 19.9 Å². The van der Waals surface area contributed by atoms with Gasteiger partial charge in [-0.15, -0.1) is 0 Å². The van der Waals surface area contributed by atoms with Crippen molar-refractivity contribution in [1.82, 2.24) is 0 Å². The predicted octanol–water partition coefficient (Wildman–Crippen LogP) is 3.65. The van der Waals surface area contributed by atoms with Crippen molar-refractivity contribution in [3.05, 3.63) is 41.0 Å². The second-order valence-electron chi connectivity index (χ2n) is 6.02. The quantitative estimate of drug-likeness (QED) is 0.437. The van der Waals surface area contributed by atoms with Gasteiger partial charge in [-0.05, 0) is 32.4 Å². The number of fused-ring (bicyclic) bond motifs is 2.